The van der Waals surface area contributed by atoms with E-state index in [0.717, 1.165) is 0 Å². The molecule has 0 bridgehead atoms. The first-order chi connectivity index (χ1) is 10.1. The SMILES string of the molecule is CCOC(=O)C(C)C1NC(=O)C1[C@@H](CO[SiH](C)C)C(C)(C)C. The van der Waals surface area contributed by atoms with E-state index in [9.17, 15) is 9.59 Å². The van der Waals surface area contributed by atoms with Gasteiger partial charge in [0.2, 0.25) is 5.91 Å². The van der Waals surface area contributed by atoms with E-state index in [1.165, 1.54) is 0 Å². The number of esters is 1. The molecule has 6 heteroatoms. The summed E-state index contributed by atoms with van der Waals surface area (Å²) in [6.45, 7) is 15.2. The summed E-state index contributed by atoms with van der Waals surface area (Å²) in [5.74, 6) is -0.645. The van der Waals surface area contributed by atoms with Crippen LogP contribution in [0, 0.1) is 23.2 Å². The first-order valence-corrected chi connectivity index (χ1v) is 11.0. The van der Waals surface area contributed by atoms with Crippen molar-refractivity contribution in [3.63, 3.8) is 0 Å². The highest BCUT2D eigenvalue weighted by Crippen LogP contribution is 2.40. The molecule has 1 aliphatic heterocycles. The van der Waals surface area contributed by atoms with Gasteiger partial charge in [-0.2, -0.15) is 0 Å². The van der Waals surface area contributed by atoms with Crippen LogP contribution in [0.4, 0.5) is 0 Å². The molecule has 1 rings (SSSR count). The molecule has 5 nitrogen and oxygen atoms in total. The van der Waals surface area contributed by atoms with Crippen molar-refractivity contribution in [2.24, 2.45) is 23.2 Å². The van der Waals surface area contributed by atoms with Gasteiger partial charge in [0.05, 0.1) is 24.5 Å². The molecular weight excluding hydrogens is 298 g/mol. The smallest absolute Gasteiger partial charge is 0.310 e. The van der Waals surface area contributed by atoms with E-state index in [1.54, 1.807) is 6.92 Å². The Hall–Kier alpha value is -0.883. The van der Waals surface area contributed by atoms with Crippen molar-refractivity contribution >= 4 is 20.9 Å². The van der Waals surface area contributed by atoms with Gasteiger partial charge in [-0.15, -0.1) is 0 Å². The second kappa shape index (κ2) is 7.59. The van der Waals surface area contributed by atoms with Gasteiger partial charge >= 0.3 is 5.97 Å². The normalized spacial score (nSPS) is 24.5. The molecule has 1 aliphatic rings. The van der Waals surface area contributed by atoms with Gasteiger partial charge in [0.1, 0.15) is 0 Å². The molecule has 1 heterocycles. The quantitative estimate of drug-likeness (QED) is 0.440. The molecule has 22 heavy (non-hydrogen) atoms. The van der Waals surface area contributed by atoms with Crippen molar-refractivity contribution < 1.29 is 18.8 Å². The molecule has 3 unspecified atom stereocenters. The Kier molecular flexibility index (Phi) is 6.61. The Morgan fingerprint density at radius 3 is 2.36 bits per heavy atom. The molecule has 0 spiro atoms. The molecule has 0 aromatic heterocycles. The Balaban J connectivity index is 2.87. The molecule has 0 saturated carbocycles. The number of carbonyl (C=O) groups excluding carboxylic acids is 2. The molecule has 1 fully saturated rings. The highest BCUT2D eigenvalue weighted by atomic mass is 28.3. The minimum absolute atomic E-state index is 0.0232. The Bertz CT molecular complexity index is 405. The number of hydrogen-bond donors (Lipinski definition) is 1. The highest BCUT2D eigenvalue weighted by molar-refractivity contribution is 6.48. The van der Waals surface area contributed by atoms with E-state index < -0.39 is 9.04 Å². The van der Waals surface area contributed by atoms with Crippen LogP contribution in [0.2, 0.25) is 13.1 Å². The number of rotatable bonds is 7. The van der Waals surface area contributed by atoms with Gasteiger partial charge in [-0.3, -0.25) is 9.59 Å². The Labute approximate surface area is 135 Å². The van der Waals surface area contributed by atoms with Crippen LogP contribution in [0.15, 0.2) is 0 Å². The van der Waals surface area contributed by atoms with Crippen molar-refractivity contribution in [2.45, 2.75) is 53.8 Å². The number of carbonyl (C=O) groups is 2. The first kappa shape index (κ1) is 19.2. The van der Waals surface area contributed by atoms with Crippen molar-refractivity contribution in [3.8, 4) is 0 Å². The van der Waals surface area contributed by atoms with Gasteiger partial charge in [0, 0.05) is 6.61 Å². The fraction of sp³-hybridized carbons (Fsp3) is 0.875. The molecule has 4 atom stereocenters. The molecule has 1 saturated heterocycles. The number of amides is 1. The Morgan fingerprint density at radius 1 is 1.36 bits per heavy atom. The minimum Gasteiger partial charge on any atom is -0.466 e. The molecule has 0 aromatic carbocycles. The van der Waals surface area contributed by atoms with Crippen molar-refractivity contribution in [2.75, 3.05) is 13.2 Å². The van der Waals surface area contributed by atoms with Gasteiger partial charge < -0.3 is 14.5 Å². The van der Waals surface area contributed by atoms with Gasteiger partial charge in [0.15, 0.2) is 9.04 Å². The summed E-state index contributed by atoms with van der Waals surface area (Å²) in [6.07, 6.45) is 0. The molecule has 128 valence electrons. The third-order valence-corrected chi connectivity index (χ3v) is 5.21. The summed E-state index contributed by atoms with van der Waals surface area (Å²) in [7, 11) is -1.15. The standard InChI is InChI=1S/C16H31NO4Si/c1-8-20-15(19)10(2)13-12(14(18)17-13)11(16(3,4)5)9-21-22(6)7/h10-13,22H,8-9H2,1-7H3,(H,17,18)/t10?,11-,12?,13?/m1/s1. The molecule has 0 aliphatic carbocycles. The second-order valence-corrected chi connectivity index (χ2v) is 9.89. The van der Waals surface area contributed by atoms with Crippen molar-refractivity contribution in [3.05, 3.63) is 0 Å². The fourth-order valence-corrected chi connectivity index (χ4v) is 3.49. The van der Waals surface area contributed by atoms with Crippen LogP contribution in [-0.4, -0.2) is 40.2 Å². The van der Waals surface area contributed by atoms with E-state index in [4.69, 9.17) is 9.16 Å². The maximum atomic E-state index is 12.2. The van der Waals surface area contributed by atoms with Crippen LogP contribution in [0.1, 0.15) is 34.6 Å². The van der Waals surface area contributed by atoms with Gasteiger partial charge in [-0.1, -0.05) is 20.8 Å². The molecule has 0 aromatic rings. The van der Waals surface area contributed by atoms with E-state index in [0.29, 0.717) is 13.2 Å². The topological polar surface area (TPSA) is 64.6 Å². The maximum Gasteiger partial charge on any atom is 0.310 e. The van der Waals surface area contributed by atoms with Crippen LogP contribution in [0.5, 0.6) is 0 Å². The number of β-lactam (4-membered cyclic amide) rings is 1. The summed E-state index contributed by atoms with van der Waals surface area (Å²) >= 11 is 0. The van der Waals surface area contributed by atoms with E-state index >= 15 is 0 Å². The third-order valence-electron chi connectivity index (χ3n) is 4.35. The predicted octanol–water partition coefficient (Wildman–Crippen LogP) is 1.96. The Morgan fingerprint density at radius 2 is 1.95 bits per heavy atom. The summed E-state index contributed by atoms with van der Waals surface area (Å²) in [4.78, 5) is 24.1. The summed E-state index contributed by atoms with van der Waals surface area (Å²) in [5, 5.41) is 2.89. The third kappa shape index (κ3) is 4.55. The van der Waals surface area contributed by atoms with Crippen molar-refractivity contribution in [1.82, 2.24) is 5.32 Å². The first-order valence-electron chi connectivity index (χ1n) is 8.18. The van der Waals surface area contributed by atoms with Gasteiger partial charge in [-0.25, -0.2) is 0 Å². The number of nitrogens with one attached hydrogen (secondary N) is 1. The van der Waals surface area contributed by atoms with Gasteiger partial charge in [0.25, 0.3) is 0 Å². The van der Waals surface area contributed by atoms with Crippen LogP contribution < -0.4 is 5.32 Å². The van der Waals surface area contributed by atoms with Crippen LogP contribution in [0.25, 0.3) is 0 Å². The second-order valence-electron chi connectivity index (χ2n) is 7.46. The average Bonchev–Trinajstić information content (AvgIpc) is 2.38. The largest absolute Gasteiger partial charge is 0.466 e. The lowest BCUT2D eigenvalue weighted by molar-refractivity contribution is -0.156. The fourth-order valence-electron chi connectivity index (χ4n) is 2.89. The highest BCUT2D eigenvalue weighted by Gasteiger charge is 2.51. The van der Waals surface area contributed by atoms with E-state index in [1.807, 2.05) is 6.92 Å². The monoisotopic (exact) mass is 329 g/mol. The summed E-state index contributed by atoms with van der Waals surface area (Å²) in [6, 6.07) is -0.159. The van der Waals surface area contributed by atoms with Gasteiger partial charge in [-0.05, 0) is 38.3 Å². The van der Waals surface area contributed by atoms with E-state index in [2.05, 4.69) is 39.2 Å². The lowest BCUT2D eigenvalue weighted by Crippen LogP contribution is -2.66. The summed E-state index contributed by atoms with van der Waals surface area (Å²) < 4.78 is 11.0. The number of hydrogen-bond acceptors (Lipinski definition) is 4. The van der Waals surface area contributed by atoms with Crippen molar-refractivity contribution in [1.29, 1.82) is 0 Å². The number of ether oxygens (including phenoxy) is 1. The minimum atomic E-state index is -1.15. The summed E-state index contributed by atoms with van der Waals surface area (Å²) in [5.41, 5.74) is -0.0572. The maximum absolute atomic E-state index is 12.2. The average molecular weight is 330 g/mol. The van der Waals surface area contributed by atoms with Crippen LogP contribution in [0.3, 0.4) is 0 Å². The lowest BCUT2D eigenvalue weighted by Gasteiger charge is -2.48. The lowest BCUT2D eigenvalue weighted by atomic mass is 9.65. The van der Waals surface area contributed by atoms with E-state index in [-0.39, 0.29) is 41.1 Å². The van der Waals surface area contributed by atoms with Crippen LogP contribution >= 0.6 is 0 Å². The molecular formula is C16H31NO4Si. The molecule has 0 radical (unpaired) electrons. The molecule has 1 amide bonds. The zero-order chi connectivity index (χ0) is 17.1. The molecule has 1 N–H and O–H groups in total. The zero-order valence-corrected chi connectivity index (χ0v) is 16.1. The predicted molar refractivity (Wildman–Crippen MR) is 89.0 cm³/mol. The zero-order valence-electron chi connectivity index (χ0n) is 14.9. The van der Waals surface area contributed by atoms with Crippen LogP contribution in [-0.2, 0) is 18.8 Å².